The number of benzene rings is 2. The van der Waals surface area contributed by atoms with E-state index in [-0.39, 0.29) is 28.0 Å². The molecule has 4 atom stereocenters. The molecular weight excluding hydrogens is 564 g/mol. The Morgan fingerprint density at radius 1 is 1.14 bits per heavy atom. The van der Waals surface area contributed by atoms with Gasteiger partial charge in [0.25, 0.3) is 5.91 Å². The average molecular weight is 599 g/mol. The van der Waals surface area contributed by atoms with E-state index < -0.39 is 59.3 Å². The lowest BCUT2D eigenvalue weighted by atomic mass is 9.89. The van der Waals surface area contributed by atoms with Crippen molar-refractivity contribution in [1.82, 2.24) is 0 Å². The van der Waals surface area contributed by atoms with Crippen molar-refractivity contribution in [2.45, 2.75) is 64.3 Å². The van der Waals surface area contributed by atoms with E-state index in [1.165, 1.54) is 43.5 Å². The van der Waals surface area contributed by atoms with Gasteiger partial charge in [-0.2, -0.15) is 0 Å². The highest BCUT2D eigenvalue weighted by molar-refractivity contribution is 6.06. The van der Waals surface area contributed by atoms with Crippen LogP contribution in [-0.4, -0.2) is 64.6 Å². The van der Waals surface area contributed by atoms with Gasteiger partial charge >= 0.3 is 11.7 Å². The maximum Gasteiger partial charge on any atom is 0.404 e. The van der Waals surface area contributed by atoms with E-state index in [0.717, 1.165) is 5.57 Å². The molecule has 1 aliphatic heterocycles. The smallest absolute Gasteiger partial charge is 0.404 e. The second-order valence-electron chi connectivity index (χ2n) is 10.8. The zero-order chi connectivity index (χ0) is 31.6. The summed E-state index contributed by atoms with van der Waals surface area (Å²) in [5.41, 5.74) is 4.19. The van der Waals surface area contributed by atoms with Gasteiger partial charge in [0.2, 0.25) is 6.29 Å². The van der Waals surface area contributed by atoms with Gasteiger partial charge in [-0.15, -0.1) is 0 Å². The van der Waals surface area contributed by atoms with Gasteiger partial charge < -0.3 is 49.7 Å². The predicted molar refractivity (Wildman–Crippen MR) is 154 cm³/mol. The van der Waals surface area contributed by atoms with Gasteiger partial charge in [-0.05, 0) is 70.0 Å². The number of amides is 2. The fraction of sp³-hybridized carbons (Fsp3) is 0.367. The highest BCUT2D eigenvalue weighted by Crippen LogP contribution is 2.36. The maximum atomic E-state index is 12.9. The molecule has 0 bridgehead atoms. The number of fused-ring (bicyclic) bond motifs is 1. The zero-order valence-corrected chi connectivity index (χ0v) is 24.2. The minimum Gasteiger partial charge on any atom is -0.508 e. The number of carbonyl (C=O) groups excluding carboxylic acids is 2. The van der Waals surface area contributed by atoms with Gasteiger partial charge in [-0.3, -0.25) is 4.79 Å². The van der Waals surface area contributed by atoms with E-state index in [1.807, 2.05) is 19.9 Å². The van der Waals surface area contributed by atoms with Crippen LogP contribution in [0.1, 0.15) is 43.6 Å². The van der Waals surface area contributed by atoms with Crippen LogP contribution in [0.2, 0.25) is 0 Å². The number of allylic oxidation sites excluding steroid dienone is 2. The van der Waals surface area contributed by atoms with E-state index in [1.54, 1.807) is 13.8 Å². The first-order chi connectivity index (χ1) is 20.2. The lowest BCUT2D eigenvalue weighted by Gasteiger charge is -2.47. The summed E-state index contributed by atoms with van der Waals surface area (Å²) < 4.78 is 27.5. The number of ether oxygens (including phenoxy) is 4. The molecule has 1 saturated heterocycles. The molecule has 2 unspecified atom stereocenters. The van der Waals surface area contributed by atoms with Crippen LogP contribution in [0.5, 0.6) is 17.2 Å². The van der Waals surface area contributed by atoms with E-state index in [9.17, 15) is 29.7 Å². The third kappa shape index (κ3) is 6.74. The lowest BCUT2D eigenvalue weighted by molar-refractivity contribution is -0.304. The van der Waals surface area contributed by atoms with Gasteiger partial charge in [0, 0.05) is 18.7 Å². The normalized spacial score (nSPS) is 21.2. The topological polar surface area (TPSA) is 200 Å². The van der Waals surface area contributed by atoms with Crippen LogP contribution >= 0.6 is 0 Å². The van der Waals surface area contributed by atoms with Gasteiger partial charge in [0.1, 0.15) is 23.2 Å². The number of nitrogens with two attached hydrogens (primary N) is 1. The molecule has 6 N–H and O–H groups in total. The van der Waals surface area contributed by atoms with Crippen molar-refractivity contribution in [3.63, 3.8) is 0 Å². The summed E-state index contributed by atoms with van der Waals surface area (Å²) in [6.45, 7) is 7.12. The van der Waals surface area contributed by atoms with Crippen LogP contribution in [0.4, 0.5) is 10.5 Å². The van der Waals surface area contributed by atoms with Crippen LogP contribution in [0.3, 0.4) is 0 Å². The summed E-state index contributed by atoms with van der Waals surface area (Å²) in [5, 5.41) is 34.3. The number of nitrogens with one attached hydrogen (secondary N) is 1. The molecule has 2 amide bonds. The van der Waals surface area contributed by atoms with Gasteiger partial charge in [0.15, 0.2) is 23.6 Å². The van der Waals surface area contributed by atoms with E-state index in [4.69, 9.17) is 29.1 Å². The van der Waals surface area contributed by atoms with Crippen LogP contribution in [-0.2, 0) is 20.6 Å². The molecule has 230 valence electrons. The van der Waals surface area contributed by atoms with Crippen molar-refractivity contribution in [2.24, 2.45) is 5.73 Å². The number of primary amides is 1. The van der Waals surface area contributed by atoms with Gasteiger partial charge in [0.05, 0.1) is 11.0 Å². The maximum absolute atomic E-state index is 12.9. The first-order valence-electron chi connectivity index (χ1n) is 13.3. The van der Waals surface area contributed by atoms with Crippen molar-refractivity contribution in [3.8, 4) is 17.2 Å². The Morgan fingerprint density at radius 2 is 1.86 bits per heavy atom. The standard InChI is InChI=1S/C30H34N2O11/c1-14(2)6-7-15-12-16(8-11-19(15)33)26(36)32-21-22(34)18-10-9-17(13-20(18)41-27(21)37)40-28-23(35)24(42-29(31)38)25(39-5)30(3,4)43-28/h6,8-13,23-25,28,33-35H,7H2,1-5H3,(H2,31,38)(H,32,36)/t23-,24+,25?,28?/m0/s1. The highest BCUT2D eigenvalue weighted by atomic mass is 16.7. The van der Waals surface area contributed by atoms with Gasteiger partial charge in [-0.1, -0.05) is 11.6 Å². The Kier molecular flexibility index (Phi) is 8.99. The lowest BCUT2D eigenvalue weighted by Crippen LogP contribution is -2.65. The fourth-order valence-corrected chi connectivity index (χ4v) is 4.82. The molecule has 2 aromatic carbocycles. The number of hydrogen-bond donors (Lipinski definition) is 5. The van der Waals surface area contributed by atoms with E-state index >= 15 is 0 Å². The molecule has 13 heteroatoms. The summed E-state index contributed by atoms with van der Waals surface area (Å²) in [6, 6.07) is 8.33. The number of anilines is 1. The molecule has 0 aliphatic carbocycles. The Balaban J connectivity index is 1.58. The number of carbonyl (C=O) groups is 2. The molecule has 1 fully saturated rings. The number of methoxy groups -OCH3 is 1. The third-order valence-corrected chi connectivity index (χ3v) is 6.94. The quantitative estimate of drug-likeness (QED) is 0.188. The molecule has 4 rings (SSSR count). The Labute approximate surface area is 246 Å². The second kappa shape index (κ2) is 12.3. The third-order valence-electron chi connectivity index (χ3n) is 6.94. The molecule has 3 aromatic rings. The summed E-state index contributed by atoms with van der Waals surface area (Å²) in [5.74, 6) is -1.14. The largest absolute Gasteiger partial charge is 0.508 e. The first kappa shape index (κ1) is 31.3. The van der Waals surface area contributed by atoms with Crippen LogP contribution in [0.15, 0.2) is 57.3 Å². The Morgan fingerprint density at radius 3 is 2.51 bits per heavy atom. The van der Waals surface area contributed by atoms with Crippen molar-refractivity contribution >= 4 is 28.7 Å². The molecular formula is C30H34N2O11. The summed E-state index contributed by atoms with van der Waals surface area (Å²) in [7, 11) is 1.36. The Bertz CT molecular complexity index is 1620. The van der Waals surface area contributed by atoms with Crippen LogP contribution < -0.4 is 21.4 Å². The van der Waals surface area contributed by atoms with Gasteiger partial charge in [-0.25, -0.2) is 9.59 Å². The molecule has 0 saturated carbocycles. The van der Waals surface area contributed by atoms with Crippen LogP contribution in [0, 0.1) is 0 Å². The summed E-state index contributed by atoms with van der Waals surface area (Å²) >= 11 is 0. The minimum atomic E-state index is -1.51. The summed E-state index contributed by atoms with van der Waals surface area (Å²) in [4.78, 5) is 37.2. The average Bonchev–Trinajstić information content (AvgIpc) is 2.92. The van der Waals surface area contributed by atoms with E-state index in [0.29, 0.717) is 12.0 Å². The minimum absolute atomic E-state index is 0.0179. The van der Waals surface area contributed by atoms with Crippen molar-refractivity contribution < 1.29 is 48.3 Å². The number of aliphatic hydroxyl groups is 1. The second-order valence-corrected chi connectivity index (χ2v) is 10.8. The summed E-state index contributed by atoms with van der Waals surface area (Å²) in [6.07, 6.45) is -3.79. The number of aromatic hydroxyl groups is 2. The number of phenols is 1. The van der Waals surface area contributed by atoms with Crippen molar-refractivity contribution in [2.75, 3.05) is 12.4 Å². The predicted octanol–water partition coefficient (Wildman–Crippen LogP) is 3.32. The van der Waals surface area contributed by atoms with Crippen LogP contribution in [0.25, 0.3) is 11.0 Å². The number of hydrogen-bond acceptors (Lipinski definition) is 11. The molecule has 13 nitrogen and oxygen atoms in total. The molecule has 2 heterocycles. The fourth-order valence-electron chi connectivity index (χ4n) is 4.82. The highest BCUT2D eigenvalue weighted by Gasteiger charge is 2.53. The SMILES string of the molecule is COC1[C@H](OC(N)=O)[C@H](O)C(Oc2ccc3c(O)c(NC(=O)c4ccc(O)c(CC=C(C)C)c4)c(=O)oc3c2)OC1(C)C. The Hall–Kier alpha value is -4.59. The molecule has 0 spiro atoms. The number of rotatable bonds is 8. The van der Waals surface area contributed by atoms with E-state index in [2.05, 4.69) is 5.32 Å². The number of aliphatic hydroxyl groups excluding tert-OH is 1. The number of phenolic OH excluding ortho intramolecular Hbond substituents is 1. The molecule has 1 aliphatic rings. The molecule has 0 radical (unpaired) electrons. The van der Waals surface area contributed by atoms with Crippen molar-refractivity contribution in [3.05, 3.63) is 69.6 Å². The molecule has 43 heavy (non-hydrogen) atoms. The zero-order valence-electron chi connectivity index (χ0n) is 24.2. The first-order valence-corrected chi connectivity index (χ1v) is 13.3. The monoisotopic (exact) mass is 598 g/mol. The van der Waals surface area contributed by atoms with Crippen molar-refractivity contribution in [1.29, 1.82) is 0 Å². The molecule has 1 aromatic heterocycles.